The van der Waals surface area contributed by atoms with Crippen molar-refractivity contribution in [2.75, 3.05) is 0 Å². The van der Waals surface area contributed by atoms with Crippen LogP contribution in [0, 0.1) is 5.82 Å². The highest BCUT2D eigenvalue weighted by Crippen LogP contribution is 2.30. The van der Waals surface area contributed by atoms with Gasteiger partial charge in [-0.3, -0.25) is 0 Å². The van der Waals surface area contributed by atoms with Gasteiger partial charge in [0.15, 0.2) is 0 Å². The average Bonchev–Trinajstić information content (AvgIpc) is 2.29. The van der Waals surface area contributed by atoms with Crippen molar-refractivity contribution in [1.29, 1.82) is 0 Å². The Morgan fingerprint density at radius 2 is 1.76 bits per heavy atom. The summed E-state index contributed by atoms with van der Waals surface area (Å²) in [5.74, 6) is -0.323. The lowest BCUT2D eigenvalue weighted by atomic mass is 10.0. The molecule has 2 aromatic rings. The second-order valence-corrected chi connectivity index (χ2v) is 4.91. The Morgan fingerprint density at radius 3 is 2.35 bits per heavy atom. The zero-order valence-corrected chi connectivity index (χ0v) is 11.0. The monoisotopic (exact) mass is 314 g/mol. The molecule has 1 unspecified atom stereocenters. The van der Waals surface area contributed by atoms with E-state index in [4.69, 9.17) is 11.6 Å². The molecule has 0 aliphatic rings. The fourth-order valence-electron chi connectivity index (χ4n) is 1.55. The van der Waals surface area contributed by atoms with Gasteiger partial charge >= 0.3 is 0 Å². The fraction of sp³-hybridized carbons (Fsp3) is 0.0769. The van der Waals surface area contributed by atoms with Gasteiger partial charge in [-0.15, -0.1) is 0 Å². The minimum atomic E-state index is -0.803. The molecule has 88 valence electrons. The van der Waals surface area contributed by atoms with E-state index in [1.807, 2.05) is 0 Å². The van der Waals surface area contributed by atoms with E-state index in [-0.39, 0.29) is 5.82 Å². The third kappa shape index (κ3) is 2.86. The highest BCUT2D eigenvalue weighted by Gasteiger charge is 2.13. The van der Waals surface area contributed by atoms with E-state index < -0.39 is 6.10 Å². The van der Waals surface area contributed by atoms with E-state index in [1.165, 1.54) is 12.1 Å². The summed E-state index contributed by atoms with van der Waals surface area (Å²) in [7, 11) is 0. The van der Waals surface area contributed by atoms with Gasteiger partial charge in [-0.25, -0.2) is 4.39 Å². The number of rotatable bonds is 2. The Labute approximate surface area is 112 Å². The maximum atomic E-state index is 12.8. The molecule has 0 spiro atoms. The van der Waals surface area contributed by atoms with Crippen molar-refractivity contribution in [2.24, 2.45) is 0 Å². The summed E-state index contributed by atoms with van der Waals surface area (Å²) in [4.78, 5) is 0. The van der Waals surface area contributed by atoms with Gasteiger partial charge < -0.3 is 5.11 Å². The molecule has 1 N–H and O–H groups in total. The zero-order valence-electron chi connectivity index (χ0n) is 8.70. The van der Waals surface area contributed by atoms with E-state index >= 15 is 0 Å². The molecule has 0 amide bonds. The van der Waals surface area contributed by atoms with Crippen molar-refractivity contribution < 1.29 is 9.50 Å². The van der Waals surface area contributed by atoms with E-state index in [0.717, 1.165) is 4.47 Å². The van der Waals surface area contributed by atoms with Crippen molar-refractivity contribution in [3.63, 3.8) is 0 Å². The number of aliphatic hydroxyl groups excluding tert-OH is 1. The number of aliphatic hydroxyl groups is 1. The van der Waals surface area contributed by atoms with Crippen molar-refractivity contribution >= 4 is 27.5 Å². The van der Waals surface area contributed by atoms with Crippen LogP contribution >= 0.6 is 27.5 Å². The molecule has 0 aromatic heterocycles. The molecule has 4 heteroatoms. The fourth-order valence-corrected chi connectivity index (χ4v) is 2.45. The number of benzene rings is 2. The molecule has 0 saturated carbocycles. The van der Waals surface area contributed by atoms with Gasteiger partial charge in [0.25, 0.3) is 0 Å². The van der Waals surface area contributed by atoms with Gasteiger partial charge in [-0.05, 0) is 35.4 Å². The van der Waals surface area contributed by atoms with Crippen LogP contribution in [-0.2, 0) is 0 Å². The maximum absolute atomic E-state index is 12.8. The van der Waals surface area contributed by atoms with Crippen LogP contribution in [0.2, 0.25) is 5.02 Å². The van der Waals surface area contributed by atoms with Crippen molar-refractivity contribution in [3.05, 3.63) is 68.9 Å². The first kappa shape index (κ1) is 12.6. The first-order valence-electron chi connectivity index (χ1n) is 4.96. The van der Waals surface area contributed by atoms with Crippen LogP contribution in [0.3, 0.4) is 0 Å². The number of hydrogen-bond donors (Lipinski definition) is 1. The normalized spacial score (nSPS) is 12.5. The van der Waals surface area contributed by atoms with Gasteiger partial charge in [-0.2, -0.15) is 0 Å². The molecule has 1 nitrogen and oxygen atoms in total. The highest BCUT2D eigenvalue weighted by atomic mass is 79.9. The second-order valence-electron chi connectivity index (χ2n) is 3.62. The lowest BCUT2D eigenvalue weighted by molar-refractivity contribution is 0.219. The standard InChI is InChI=1S/C13H9BrClFO/c14-12-7-9(15)3-6-11(12)13(17)8-1-4-10(16)5-2-8/h1-7,13,17H. The molecular weight excluding hydrogens is 306 g/mol. The van der Waals surface area contributed by atoms with E-state index in [1.54, 1.807) is 30.3 Å². The van der Waals surface area contributed by atoms with Crippen LogP contribution in [0.5, 0.6) is 0 Å². The molecule has 2 aromatic carbocycles. The minimum Gasteiger partial charge on any atom is -0.384 e. The molecule has 0 fully saturated rings. The Morgan fingerprint density at radius 1 is 1.12 bits per heavy atom. The van der Waals surface area contributed by atoms with Gasteiger partial charge in [0.1, 0.15) is 11.9 Å². The largest absolute Gasteiger partial charge is 0.384 e. The molecular formula is C13H9BrClFO. The third-order valence-electron chi connectivity index (χ3n) is 2.44. The van der Waals surface area contributed by atoms with Crippen molar-refractivity contribution in [1.82, 2.24) is 0 Å². The van der Waals surface area contributed by atoms with Gasteiger partial charge in [0.05, 0.1) is 0 Å². The Kier molecular flexibility index (Phi) is 3.82. The SMILES string of the molecule is OC(c1ccc(F)cc1)c1ccc(Cl)cc1Br. The number of hydrogen-bond acceptors (Lipinski definition) is 1. The van der Waals surface area contributed by atoms with Crippen LogP contribution in [0.25, 0.3) is 0 Å². The highest BCUT2D eigenvalue weighted by molar-refractivity contribution is 9.10. The summed E-state index contributed by atoms with van der Waals surface area (Å²) in [5.41, 5.74) is 1.33. The molecule has 0 aliphatic carbocycles. The van der Waals surface area contributed by atoms with Gasteiger partial charge in [0.2, 0.25) is 0 Å². The smallest absolute Gasteiger partial charge is 0.123 e. The van der Waals surface area contributed by atoms with E-state index in [9.17, 15) is 9.50 Å². The molecule has 0 heterocycles. The molecule has 0 saturated heterocycles. The summed E-state index contributed by atoms with van der Waals surface area (Å²) in [6.07, 6.45) is -0.803. The molecule has 0 radical (unpaired) electrons. The van der Waals surface area contributed by atoms with Crippen LogP contribution in [-0.4, -0.2) is 5.11 Å². The lowest BCUT2D eigenvalue weighted by Gasteiger charge is -2.13. The minimum absolute atomic E-state index is 0.323. The van der Waals surface area contributed by atoms with E-state index in [0.29, 0.717) is 16.1 Å². The Hall–Kier alpha value is -0.900. The first-order chi connectivity index (χ1) is 8.08. The maximum Gasteiger partial charge on any atom is 0.123 e. The molecule has 0 bridgehead atoms. The molecule has 0 aliphatic heterocycles. The first-order valence-corrected chi connectivity index (χ1v) is 6.13. The van der Waals surface area contributed by atoms with Crippen LogP contribution in [0.4, 0.5) is 4.39 Å². The summed E-state index contributed by atoms with van der Waals surface area (Å²) < 4.78 is 13.5. The van der Waals surface area contributed by atoms with E-state index in [2.05, 4.69) is 15.9 Å². The average molecular weight is 316 g/mol. The number of halogens is 3. The van der Waals surface area contributed by atoms with Crippen molar-refractivity contribution in [3.8, 4) is 0 Å². The van der Waals surface area contributed by atoms with Crippen LogP contribution in [0.15, 0.2) is 46.9 Å². The molecule has 17 heavy (non-hydrogen) atoms. The predicted octanol–water partition coefficient (Wildman–Crippen LogP) is 4.32. The van der Waals surface area contributed by atoms with Gasteiger partial charge in [-0.1, -0.05) is 45.7 Å². The molecule has 2 rings (SSSR count). The third-order valence-corrected chi connectivity index (χ3v) is 3.36. The Balaban J connectivity index is 2.36. The topological polar surface area (TPSA) is 20.2 Å². The lowest BCUT2D eigenvalue weighted by Crippen LogP contribution is -2.00. The summed E-state index contributed by atoms with van der Waals surface area (Å²) in [6, 6.07) is 10.9. The summed E-state index contributed by atoms with van der Waals surface area (Å²) >= 11 is 9.17. The molecule has 1 atom stereocenters. The quantitative estimate of drug-likeness (QED) is 0.875. The Bertz CT molecular complexity index is 527. The predicted molar refractivity (Wildman–Crippen MR) is 69.6 cm³/mol. The van der Waals surface area contributed by atoms with Crippen LogP contribution in [0.1, 0.15) is 17.2 Å². The summed E-state index contributed by atoms with van der Waals surface area (Å²) in [5, 5.41) is 10.7. The van der Waals surface area contributed by atoms with Gasteiger partial charge in [0, 0.05) is 9.50 Å². The summed E-state index contributed by atoms with van der Waals surface area (Å²) in [6.45, 7) is 0. The second kappa shape index (κ2) is 5.17. The van der Waals surface area contributed by atoms with Crippen LogP contribution < -0.4 is 0 Å². The van der Waals surface area contributed by atoms with Crippen molar-refractivity contribution in [2.45, 2.75) is 6.10 Å². The zero-order chi connectivity index (χ0) is 12.4.